The molecule has 2 heterocycles. The number of hydrazine groups is 1. The number of halogens is 1. The molecule has 0 unspecified atom stereocenters. The maximum Gasteiger partial charge on any atom is 0.297 e. The number of nitrogens with zero attached hydrogens (tertiary/aromatic N) is 3. The lowest BCUT2D eigenvalue weighted by Gasteiger charge is -2.19. The molecule has 166 valence electrons. The van der Waals surface area contributed by atoms with Crippen LogP contribution in [0.2, 0.25) is 5.15 Å². The van der Waals surface area contributed by atoms with Crippen LogP contribution in [0.1, 0.15) is 16.7 Å². The zero-order valence-corrected chi connectivity index (χ0v) is 18.7. The smallest absolute Gasteiger partial charge is 0.273 e. The van der Waals surface area contributed by atoms with E-state index in [0.29, 0.717) is 17.0 Å². The first-order valence-electron chi connectivity index (χ1n) is 10.7. The predicted octanol–water partition coefficient (Wildman–Crippen LogP) is 4.79. The van der Waals surface area contributed by atoms with Crippen LogP contribution >= 0.6 is 11.6 Å². The molecule has 1 N–H and O–H groups in total. The molecule has 5 rings (SSSR count). The molecule has 7 heteroatoms. The third-order valence-corrected chi connectivity index (χ3v) is 5.64. The molecule has 34 heavy (non-hydrogen) atoms. The second kappa shape index (κ2) is 9.29. The van der Waals surface area contributed by atoms with Gasteiger partial charge in [0, 0.05) is 16.5 Å². The number of nitrogens with one attached hydrogen (secondary N) is 1. The van der Waals surface area contributed by atoms with Crippen molar-refractivity contribution >= 4 is 46.2 Å². The van der Waals surface area contributed by atoms with Crippen LogP contribution in [0.4, 0.5) is 0 Å². The van der Waals surface area contributed by atoms with Gasteiger partial charge in [0.25, 0.3) is 5.91 Å². The minimum atomic E-state index is -0.454. The molecule has 6 nitrogen and oxygen atoms in total. The number of para-hydroxylation sites is 1. The number of benzene rings is 3. The minimum absolute atomic E-state index is 0.131. The predicted molar refractivity (Wildman–Crippen MR) is 133 cm³/mol. The quantitative estimate of drug-likeness (QED) is 0.339. The summed E-state index contributed by atoms with van der Waals surface area (Å²) in [5, 5.41) is 2.35. The van der Waals surface area contributed by atoms with Crippen molar-refractivity contribution in [1.82, 2.24) is 15.4 Å². The molecule has 0 spiro atoms. The van der Waals surface area contributed by atoms with Crippen molar-refractivity contribution in [2.45, 2.75) is 6.42 Å². The van der Waals surface area contributed by atoms with E-state index in [1.807, 2.05) is 91.0 Å². The maximum absolute atomic E-state index is 13.3. The molecule has 1 aliphatic rings. The van der Waals surface area contributed by atoms with Gasteiger partial charge in [-0.15, -0.1) is 0 Å². The lowest BCUT2D eigenvalue weighted by atomic mass is 10.1. The Kier molecular flexibility index (Phi) is 5.89. The average Bonchev–Trinajstić information content (AvgIpc) is 3.15. The van der Waals surface area contributed by atoms with E-state index in [2.05, 4.69) is 15.4 Å². The number of fused-ring (bicyclic) bond motifs is 1. The number of amides is 2. The van der Waals surface area contributed by atoms with Gasteiger partial charge in [-0.25, -0.2) is 9.98 Å². The van der Waals surface area contributed by atoms with E-state index in [1.54, 1.807) is 6.08 Å². The molecule has 0 fully saturated rings. The highest BCUT2D eigenvalue weighted by molar-refractivity contribution is 6.31. The second-order valence-electron chi connectivity index (χ2n) is 7.73. The Balaban J connectivity index is 1.49. The average molecular weight is 467 g/mol. The largest absolute Gasteiger partial charge is 0.297 e. The summed E-state index contributed by atoms with van der Waals surface area (Å²) in [7, 11) is 0. The van der Waals surface area contributed by atoms with Gasteiger partial charge in [0.1, 0.15) is 10.9 Å². The number of aromatic nitrogens is 1. The van der Waals surface area contributed by atoms with Crippen molar-refractivity contribution in [3.05, 3.63) is 119 Å². The number of pyridine rings is 1. The van der Waals surface area contributed by atoms with E-state index >= 15 is 0 Å². The Bertz CT molecular complexity index is 1450. The Morgan fingerprint density at radius 1 is 0.941 bits per heavy atom. The number of hydrogen-bond acceptors (Lipinski definition) is 4. The summed E-state index contributed by atoms with van der Waals surface area (Å²) >= 11 is 6.39. The van der Waals surface area contributed by atoms with Gasteiger partial charge in [0.15, 0.2) is 5.84 Å². The third-order valence-electron chi connectivity index (χ3n) is 5.33. The summed E-state index contributed by atoms with van der Waals surface area (Å²) in [4.78, 5) is 35.0. The summed E-state index contributed by atoms with van der Waals surface area (Å²) in [6, 6.07) is 28.0. The number of aliphatic imine (C=N–C) groups is 1. The molecular formula is C27H19ClN4O2. The van der Waals surface area contributed by atoms with Crippen molar-refractivity contribution < 1.29 is 9.59 Å². The molecule has 0 bridgehead atoms. The van der Waals surface area contributed by atoms with Crippen LogP contribution in [0.25, 0.3) is 17.0 Å². The van der Waals surface area contributed by atoms with Crippen LogP contribution in [-0.2, 0) is 16.0 Å². The fourth-order valence-corrected chi connectivity index (χ4v) is 3.90. The van der Waals surface area contributed by atoms with Gasteiger partial charge >= 0.3 is 0 Å². The Labute approximate surface area is 201 Å². The van der Waals surface area contributed by atoms with E-state index < -0.39 is 5.91 Å². The summed E-state index contributed by atoms with van der Waals surface area (Å²) < 4.78 is 0. The van der Waals surface area contributed by atoms with Gasteiger partial charge < -0.3 is 0 Å². The van der Waals surface area contributed by atoms with E-state index in [-0.39, 0.29) is 23.2 Å². The number of carbonyl (C=O) groups is 2. The molecule has 2 amide bonds. The van der Waals surface area contributed by atoms with Gasteiger partial charge in [-0.3, -0.25) is 15.0 Å². The Morgan fingerprint density at radius 3 is 2.38 bits per heavy atom. The van der Waals surface area contributed by atoms with E-state index in [1.165, 1.54) is 5.01 Å². The zero-order chi connectivity index (χ0) is 23.5. The van der Waals surface area contributed by atoms with Crippen LogP contribution in [0.5, 0.6) is 0 Å². The highest BCUT2D eigenvalue weighted by atomic mass is 35.5. The van der Waals surface area contributed by atoms with Crippen LogP contribution in [0, 0.1) is 0 Å². The molecule has 0 saturated carbocycles. The van der Waals surface area contributed by atoms with Crippen LogP contribution in [0.3, 0.4) is 0 Å². The maximum atomic E-state index is 13.3. The summed E-state index contributed by atoms with van der Waals surface area (Å²) in [6.07, 6.45) is 1.72. The van der Waals surface area contributed by atoms with Gasteiger partial charge in [-0.1, -0.05) is 90.5 Å². The van der Waals surface area contributed by atoms with E-state index in [0.717, 1.165) is 16.5 Å². The monoisotopic (exact) mass is 466 g/mol. The molecule has 1 aliphatic heterocycles. The van der Waals surface area contributed by atoms with Crippen LogP contribution < -0.4 is 5.43 Å². The van der Waals surface area contributed by atoms with Crippen molar-refractivity contribution in [1.29, 1.82) is 0 Å². The molecule has 0 aliphatic carbocycles. The fraction of sp³-hybridized carbons (Fsp3) is 0.0370. The standard InChI is InChI=1S/C27H19ClN4O2/c28-25-21(16-20-13-7-8-14-22(20)29-25)17-23-27(34)32(26(30-23)19-11-5-2-6-12-19)31-24(33)15-18-9-3-1-4-10-18/h1-14,16-17H,15H2,(H,31,33)/b23-17-. The lowest BCUT2D eigenvalue weighted by Crippen LogP contribution is -2.48. The Hall–Kier alpha value is -4.29. The molecule has 0 atom stereocenters. The molecule has 1 aromatic heterocycles. The van der Waals surface area contributed by atoms with Crippen LogP contribution in [-0.4, -0.2) is 27.6 Å². The number of hydrogen-bond donors (Lipinski definition) is 1. The van der Waals surface area contributed by atoms with Gasteiger partial charge in [-0.05, 0) is 23.8 Å². The lowest BCUT2D eigenvalue weighted by molar-refractivity contribution is -0.133. The zero-order valence-electron chi connectivity index (χ0n) is 18.0. The summed E-state index contributed by atoms with van der Waals surface area (Å²) in [5.41, 5.74) is 5.73. The second-order valence-corrected chi connectivity index (χ2v) is 8.09. The highest BCUT2D eigenvalue weighted by Gasteiger charge is 2.33. The van der Waals surface area contributed by atoms with Gasteiger partial charge in [-0.2, -0.15) is 5.01 Å². The molecular weight excluding hydrogens is 448 g/mol. The van der Waals surface area contributed by atoms with Crippen molar-refractivity contribution in [3.8, 4) is 0 Å². The molecule has 3 aromatic carbocycles. The topological polar surface area (TPSA) is 74.7 Å². The highest BCUT2D eigenvalue weighted by Crippen LogP contribution is 2.26. The Morgan fingerprint density at radius 2 is 1.62 bits per heavy atom. The number of carbonyl (C=O) groups excluding carboxylic acids is 2. The summed E-state index contributed by atoms with van der Waals surface area (Å²) in [6.45, 7) is 0. The fourth-order valence-electron chi connectivity index (χ4n) is 3.70. The first-order valence-corrected chi connectivity index (χ1v) is 11.1. The molecule has 0 radical (unpaired) electrons. The summed E-state index contributed by atoms with van der Waals surface area (Å²) in [5.74, 6) is -0.442. The van der Waals surface area contributed by atoms with Gasteiger partial charge in [0.2, 0.25) is 5.91 Å². The van der Waals surface area contributed by atoms with Crippen molar-refractivity contribution in [3.63, 3.8) is 0 Å². The van der Waals surface area contributed by atoms with Crippen molar-refractivity contribution in [2.24, 2.45) is 4.99 Å². The van der Waals surface area contributed by atoms with E-state index in [4.69, 9.17) is 11.6 Å². The van der Waals surface area contributed by atoms with E-state index in [9.17, 15) is 9.59 Å². The van der Waals surface area contributed by atoms with Gasteiger partial charge in [0.05, 0.1) is 11.9 Å². The minimum Gasteiger partial charge on any atom is -0.273 e. The van der Waals surface area contributed by atoms with Crippen molar-refractivity contribution in [2.75, 3.05) is 0 Å². The van der Waals surface area contributed by atoms with Crippen LogP contribution in [0.15, 0.2) is 102 Å². The third kappa shape index (κ3) is 4.44. The number of rotatable bonds is 5. The molecule has 0 saturated heterocycles. The first kappa shape index (κ1) is 21.6. The normalized spacial score (nSPS) is 14.5. The SMILES string of the molecule is O=C(Cc1ccccc1)NN1C(=O)/C(=C/c2cc3ccccc3nc2Cl)N=C1c1ccccc1. The first-order chi connectivity index (χ1) is 16.6. The molecule has 4 aromatic rings. The number of amidine groups is 1.